The molecule has 3 aromatic rings. The molecule has 1 N–H and O–H groups in total. The molecule has 10 heteroatoms. The maximum absolute atomic E-state index is 13.1. The lowest BCUT2D eigenvalue weighted by Crippen LogP contribution is -2.50. The summed E-state index contributed by atoms with van der Waals surface area (Å²) in [6.45, 7) is 5.21. The van der Waals surface area contributed by atoms with E-state index in [0.29, 0.717) is 19.6 Å². The number of nitrogens with one attached hydrogen (secondary N) is 1. The SMILES string of the molecule is CCC(C(=O)N1CCN(c2nnc(SCC(=O)NCc3ccco3)s2)CC1)c1ccccc1. The smallest absolute Gasteiger partial charge is 0.230 e. The third kappa shape index (κ3) is 6.14. The number of rotatable bonds is 9. The van der Waals surface area contributed by atoms with Gasteiger partial charge in [-0.25, -0.2) is 0 Å². The Morgan fingerprint density at radius 3 is 2.61 bits per heavy atom. The molecule has 0 spiro atoms. The summed E-state index contributed by atoms with van der Waals surface area (Å²) in [5.41, 5.74) is 1.08. The standard InChI is InChI=1S/C23H27N5O3S2/c1-2-19(17-7-4-3-5-8-17)21(30)27-10-12-28(13-11-27)22-25-26-23(33-22)32-16-20(29)24-15-18-9-6-14-31-18/h3-9,14,19H,2,10-13,15-16H2,1H3,(H,24,29). The van der Waals surface area contributed by atoms with E-state index >= 15 is 0 Å². The lowest BCUT2D eigenvalue weighted by Gasteiger charge is -2.36. The number of benzene rings is 1. The van der Waals surface area contributed by atoms with Crippen molar-refractivity contribution in [1.29, 1.82) is 0 Å². The highest BCUT2D eigenvalue weighted by Gasteiger charge is 2.28. The number of carbonyl (C=O) groups excluding carboxylic acids is 2. The van der Waals surface area contributed by atoms with Gasteiger partial charge in [-0.05, 0) is 24.1 Å². The van der Waals surface area contributed by atoms with Crippen molar-refractivity contribution in [2.24, 2.45) is 0 Å². The van der Waals surface area contributed by atoms with E-state index in [1.165, 1.54) is 23.1 Å². The molecule has 3 heterocycles. The van der Waals surface area contributed by atoms with Gasteiger partial charge in [0.05, 0.1) is 24.5 Å². The first-order chi connectivity index (χ1) is 16.1. The van der Waals surface area contributed by atoms with Crippen molar-refractivity contribution in [2.75, 3.05) is 36.8 Å². The Bertz CT molecular complexity index is 1030. The predicted octanol–water partition coefficient (Wildman–Crippen LogP) is 3.38. The molecule has 0 aliphatic carbocycles. The topological polar surface area (TPSA) is 91.6 Å². The van der Waals surface area contributed by atoms with Crippen LogP contribution in [0, 0.1) is 0 Å². The van der Waals surface area contributed by atoms with E-state index in [1.807, 2.05) is 41.3 Å². The third-order valence-corrected chi connectivity index (χ3v) is 7.65. The molecule has 4 rings (SSSR count). The summed E-state index contributed by atoms with van der Waals surface area (Å²) in [6, 6.07) is 13.6. The van der Waals surface area contributed by atoms with Gasteiger partial charge in [0.25, 0.3) is 0 Å². The van der Waals surface area contributed by atoms with E-state index in [-0.39, 0.29) is 23.5 Å². The second-order valence-corrected chi connectivity index (χ2v) is 9.86. The lowest BCUT2D eigenvalue weighted by atomic mass is 9.95. The second kappa shape index (κ2) is 11.3. The van der Waals surface area contributed by atoms with Crippen molar-refractivity contribution in [3.8, 4) is 0 Å². The fourth-order valence-electron chi connectivity index (χ4n) is 3.74. The van der Waals surface area contributed by atoms with E-state index in [0.717, 1.165) is 40.3 Å². The molecule has 0 bridgehead atoms. The molecule has 1 saturated heterocycles. The molecule has 0 radical (unpaired) electrons. The van der Waals surface area contributed by atoms with Crippen LogP contribution in [0.5, 0.6) is 0 Å². The van der Waals surface area contributed by atoms with Crippen molar-refractivity contribution >= 4 is 40.0 Å². The average molecular weight is 486 g/mol. The number of amides is 2. The number of anilines is 1. The number of carbonyl (C=O) groups is 2. The van der Waals surface area contributed by atoms with Crippen LogP contribution in [0.2, 0.25) is 0 Å². The van der Waals surface area contributed by atoms with Gasteiger partial charge in [-0.3, -0.25) is 9.59 Å². The number of aromatic nitrogens is 2. The van der Waals surface area contributed by atoms with E-state index in [4.69, 9.17) is 4.42 Å². The maximum Gasteiger partial charge on any atom is 0.230 e. The van der Waals surface area contributed by atoms with Gasteiger partial charge in [-0.1, -0.05) is 60.4 Å². The summed E-state index contributed by atoms with van der Waals surface area (Å²) in [4.78, 5) is 29.2. The van der Waals surface area contributed by atoms with Gasteiger partial charge in [0.1, 0.15) is 5.76 Å². The summed E-state index contributed by atoms with van der Waals surface area (Å²) in [7, 11) is 0. The number of thioether (sulfide) groups is 1. The van der Waals surface area contributed by atoms with Gasteiger partial charge in [0, 0.05) is 26.2 Å². The van der Waals surface area contributed by atoms with Gasteiger partial charge in [0.15, 0.2) is 4.34 Å². The summed E-state index contributed by atoms with van der Waals surface area (Å²) in [5.74, 6) is 1.01. The quantitative estimate of drug-likeness (QED) is 0.465. The molecule has 8 nitrogen and oxygen atoms in total. The Labute approximate surface area is 201 Å². The van der Waals surface area contributed by atoms with Crippen LogP contribution >= 0.6 is 23.1 Å². The van der Waals surface area contributed by atoms with Crippen LogP contribution in [0.15, 0.2) is 57.5 Å². The molecule has 1 atom stereocenters. The minimum atomic E-state index is -0.0961. The number of hydrogen-bond acceptors (Lipinski definition) is 8. The molecule has 1 aromatic carbocycles. The highest BCUT2D eigenvalue weighted by molar-refractivity contribution is 8.01. The van der Waals surface area contributed by atoms with Crippen LogP contribution in [0.1, 0.15) is 30.6 Å². The van der Waals surface area contributed by atoms with Crippen molar-refractivity contribution < 1.29 is 14.0 Å². The van der Waals surface area contributed by atoms with Crippen molar-refractivity contribution in [3.05, 3.63) is 60.1 Å². The highest BCUT2D eigenvalue weighted by atomic mass is 32.2. The minimum absolute atomic E-state index is 0.0795. The lowest BCUT2D eigenvalue weighted by molar-refractivity contribution is -0.133. The van der Waals surface area contributed by atoms with Crippen molar-refractivity contribution in [3.63, 3.8) is 0 Å². The first-order valence-corrected chi connectivity index (χ1v) is 12.8. The van der Waals surface area contributed by atoms with Gasteiger partial charge < -0.3 is 19.5 Å². The molecular formula is C23H27N5O3S2. The van der Waals surface area contributed by atoms with Gasteiger partial charge in [0.2, 0.25) is 16.9 Å². The molecular weight excluding hydrogens is 458 g/mol. The van der Waals surface area contributed by atoms with Crippen LogP contribution < -0.4 is 10.2 Å². The number of nitrogens with zero attached hydrogens (tertiary/aromatic N) is 4. The zero-order chi connectivity index (χ0) is 23.0. The Hall–Kier alpha value is -2.85. The van der Waals surface area contributed by atoms with Crippen molar-refractivity contribution in [1.82, 2.24) is 20.4 Å². The van der Waals surface area contributed by atoms with Crippen LogP contribution in [0.4, 0.5) is 5.13 Å². The minimum Gasteiger partial charge on any atom is -0.467 e. The van der Waals surface area contributed by atoms with E-state index in [9.17, 15) is 9.59 Å². The Kier molecular flexibility index (Phi) is 8.01. The normalized spacial score (nSPS) is 14.8. The van der Waals surface area contributed by atoms with Crippen LogP contribution in [-0.2, 0) is 16.1 Å². The average Bonchev–Trinajstić information content (AvgIpc) is 3.55. The Morgan fingerprint density at radius 1 is 1.12 bits per heavy atom. The second-order valence-electron chi connectivity index (χ2n) is 7.68. The monoisotopic (exact) mass is 485 g/mol. The van der Waals surface area contributed by atoms with Gasteiger partial charge >= 0.3 is 0 Å². The summed E-state index contributed by atoms with van der Waals surface area (Å²) in [5, 5.41) is 12.2. The number of hydrogen-bond donors (Lipinski definition) is 1. The highest BCUT2D eigenvalue weighted by Crippen LogP contribution is 2.29. The zero-order valence-corrected chi connectivity index (χ0v) is 20.1. The maximum atomic E-state index is 13.1. The van der Waals surface area contributed by atoms with Gasteiger partial charge in [-0.15, -0.1) is 10.2 Å². The third-order valence-electron chi connectivity index (χ3n) is 5.53. The van der Waals surface area contributed by atoms with E-state index < -0.39 is 0 Å². The summed E-state index contributed by atoms with van der Waals surface area (Å²) < 4.78 is 5.97. The number of piperazine rings is 1. The number of furan rings is 1. The fraction of sp³-hybridized carbons (Fsp3) is 0.391. The summed E-state index contributed by atoms with van der Waals surface area (Å²) in [6.07, 6.45) is 2.37. The molecule has 1 unspecified atom stereocenters. The van der Waals surface area contributed by atoms with Gasteiger partial charge in [-0.2, -0.15) is 0 Å². The Morgan fingerprint density at radius 2 is 1.91 bits per heavy atom. The first-order valence-electron chi connectivity index (χ1n) is 11.0. The van der Waals surface area contributed by atoms with E-state index in [2.05, 4.69) is 27.3 Å². The summed E-state index contributed by atoms with van der Waals surface area (Å²) >= 11 is 2.85. The predicted molar refractivity (Wildman–Crippen MR) is 129 cm³/mol. The van der Waals surface area contributed by atoms with Crippen LogP contribution in [0.25, 0.3) is 0 Å². The molecule has 1 fully saturated rings. The Balaban J connectivity index is 1.24. The van der Waals surface area contributed by atoms with Crippen molar-refractivity contribution in [2.45, 2.75) is 30.1 Å². The largest absolute Gasteiger partial charge is 0.467 e. The van der Waals surface area contributed by atoms with Crippen LogP contribution in [0.3, 0.4) is 0 Å². The van der Waals surface area contributed by atoms with Crippen LogP contribution in [-0.4, -0.2) is 58.8 Å². The molecule has 2 aromatic heterocycles. The zero-order valence-electron chi connectivity index (χ0n) is 18.5. The molecule has 33 heavy (non-hydrogen) atoms. The molecule has 174 valence electrons. The van der Waals surface area contributed by atoms with E-state index in [1.54, 1.807) is 12.3 Å². The fourth-order valence-corrected chi connectivity index (χ4v) is 5.47. The molecule has 1 aliphatic rings. The molecule has 0 saturated carbocycles. The first kappa shape index (κ1) is 23.3. The molecule has 1 aliphatic heterocycles. The molecule has 2 amide bonds.